The molecule has 0 amide bonds. The maximum Gasteiger partial charge on any atom is 2.00 e. The van der Waals surface area contributed by atoms with Crippen molar-refractivity contribution in [1.82, 2.24) is 0 Å². The van der Waals surface area contributed by atoms with Crippen LogP contribution in [0.3, 0.4) is 0 Å². The van der Waals surface area contributed by atoms with Crippen molar-refractivity contribution in [2.45, 2.75) is 574 Å². The Morgan fingerprint density at radius 3 is 0.679 bits per heavy atom. The van der Waals surface area contributed by atoms with Gasteiger partial charge in [-0.3, -0.25) is 0 Å². The van der Waals surface area contributed by atoms with Gasteiger partial charge in [0.1, 0.15) is 0 Å². The number of hydrogen-bond donors (Lipinski definition) is 0. The Hall–Kier alpha value is -2.08. The fraction of sp³-hybridized carbons (Fsp3) is 0.817. The van der Waals surface area contributed by atoms with E-state index in [-0.39, 0.29) is 20.4 Å². The van der Waals surface area contributed by atoms with Gasteiger partial charge >= 0.3 is 20.4 Å². The van der Waals surface area contributed by atoms with Gasteiger partial charge in [-0.15, -0.1) is 0 Å². The quantitative estimate of drug-likeness (QED) is 0.0273. The van der Waals surface area contributed by atoms with Crippen LogP contribution >= 0.6 is 0 Å². The fourth-order valence-electron chi connectivity index (χ4n) is 17.0. The van der Waals surface area contributed by atoms with Gasteiger partial charge in [-0.1, -0.05) is 547 Å². The second kappa shape index (κ2) is 91.2. The summed E-state index contributed by atoms with van der Waals surface area (Å²) in [5, 5.41) is 0. The summed E-state index contributed by atoms with van der Waals surface area (Å²) in [6.45, 7) is 21.5. The molecule has 654 valence electrons. The molecule has 1 aliphatic heterocycles. The van der Waals surface area contributed by atoms with Crippen LogP contribution in [0.2, 0.25) is 0 Å². The standard InChI is InChI=1S/C81H140N2.2C14H29.Pd/c1-5-9-13-16-18-20-22-24-26-28-30-32-34-35-36-37-38-40-42-44-46-48-50-52-54-56-58-61-65-79-78(64-60-15-11-7-3)80(76-70-66-74(67-71-76)62-12-8-4)83(82)81(79)77-72-68-75(69-73-77)63-59-57-55-53-51-49-47-45-43-41-39-33-31-29-27-25-23-21-19-17-14-10-6-2;2*1-3-5-7-9-11-13-14-12-10-8-6-4-2;/h61,65-73H,5-60,62-64H2,1-4H3;2*1,3-14H2,2H3;/q;2*-1;+2. The molecule has 0 bridgehead atoms. The molecule has 0 atom stereocenters. The molecule has 0 saturated heterocycles. The van der Waals surface area contributed by atoms with Crippen LogP contribution in [-0.4, -0.2) is 4.70 Å². The van der Waals surface area contributed by atoms with E-state index in [4.69, 9.17) is 0 Å². The van der Waals surface area contributed by atoms with Gasteiger partial charge in [0, 0.05) is 16.7 Å². The van der Waals surface area contributed by atoms with Gasteiger partial charge in [0.15, 0.2) is 0 Å². The SMILES string of the molecule is CCCCCCCCCCCCCCCCCCCCCCCCCCCCC=CC1=C(c2ccc(CCCCCCCCCCCCCCCCCCCCCCCCC)cc2)[N+](=[N-])C(c2ccc(CCCC)cc2)=C1CCCCCC.[CH2-]CCCCCCCCCCCCC.[CH2-]CCCCCCCCCCCCC.[Pd+2]. The number of benzene rings is 2. The van der Waals surface area contributed by atoms with E-state index in [0.29, 0.717) is 0 Å². The molecule has 112 heavy (non-hydrogen) atoms. The molecule has 0 saturated carbocycles. The van der Waals surface area contributed by atoms with Crippen LogP contribution in [-0.2, 0) is 33.3 Å². The van der Waals surface area contributed by atoms with Gasteiger partial charge in [-0.25, -0.2) is 4.70 Å². The van der Waals surface area contributed by atoms with Crippen molar-refractivity contribution < 1.29 is 25.1 Å². The minimum Gasteiger partial charge on any atom is -0.493 e. The second-order valence-electron chi connectivity index (χ2n) is 35.5. The topological polar surface area (TPSA) is 25.3 Å². The summed E-state index contributed by atoms with van der Waals surface area (Å²) >= 11 is 0. The smallest absolute Gasteiger partial charge is 0.493 e. The van der Waals surface area contributed by atoms with E-state index in [1.54, 1.807) is 4.70 Å². The first-order chi connectivity index (χ1) is 55.0. The Labute approximate surface area is 719 Å². The van der Waals surface area contributed by atoms with Gasteiger partial charge in [0.2, 0.25) is 11.4 Å². The van der Waals surface area contributed by atoms with Gasteiger partial charge < -0.3 is 19.4 Å². The van der Waals surface area contributed by atoms with Gasteiger partial charge in [0.25, 0.3) is 0 Å². The van der Waals surface area contributed by atoms with Crippen LogP contribution in [0.1, 0.15) is 584 Å². The molecule has 3 heteroatoms. The fourth-order valence-corrected chi connectivity index (χ4v) is 17.0. The Balaban J connectivity index is 0.00000355. The van der Waals surface area contributed by atoms with Crippen LogP contribution in [0.25, 0.3) is 16.9 Å². The van der Waals surface area contributed by atoms with E-state index < -0.39 is 0 Å². The molecule has 2 aromatic carbocycles. The third-order valence-electron chi connectivity index (χ3n) is 24.6. The van der Waals surface area contributed by atoms with Crippen LogP contribution in [0, 0.1) is 13.8 Å². The molecule has 0 radical (unpaired) electrons. The molecule has 1 aliphatic rings. The van der Waals surface area contributed by atoms with Gasteiger partial charge in [-0.05, 0) is 86.8 Å². The number of hydrogen-bond acceptors (Lipinski definition) is 0. The zero-order valence-corrected chi connectivity index (χ0v) is 78.6. The summed E-state index contributed by atoms with van der Waals surface area (Å²) in [7, 11) is 0. The maximum atomic E-state index is 12.4. The predicted octanol–water partition coefficient (Wildman–Crippen LogP) is 39.9. The summed E-state index contributed by atoms with van der Waals surface area (Å²) in [4.78, 5) is 0. The Morgan fingerprint density at radius 1 is 0.232 bits per heavy atom. The third-order valence-corrected chi connectivity index (χ3v) is 24.6. The largest absolute Gasteiger partial charge is 2.00 e. The Kier molecular flexibility index (Phi) is 89.5. The van der Waals surface area contributed by atoms with Crippen molar-refractivity contribution in [3.8, 4) is 0 Å². The number of unbranched alkanes of at least 4 members (excludes halogenated alkanes) is 74. The zero-order valence-electron chi connectivity index (χ0n) is 77.1. The normalized spacial score (nSPS) is 12.2. The van der Waals surface area contributed by atoms with E-state index >= 15 is 0 Å². The van der Waals surface area contributed by atoms with Crippen molar-refractivity contribution in [3.05, 3.63) is 113 Å². The van der Waals surface area contributed by atoms with Crippen LogP contribution in [0.15, 0.2) is 71.8 Å². The first-order valence-electron chi connectivity index (χ1n) is 51.4. The Morgan fingerprint density at radius 2 is 0.429 bits per heavy atom. The van der Waals surface area contributed by atoms with Crippen LogP contribution < -0.4 is 0 Å². The first-order valence-corrected chi connectivity index (χ1v) is 51.4. The molecular weight excluding hydrogens is 1440 g/mol. The van der Waals surface area contributed by atoms with Crippen molar-refractivity contribution in [2.24, 2.45) is 0 Å². The molecule has 2 nitrogen and oxygen atoms in total. The monoisotopic (exact) mass is 1640 g/mol. The molecule has 0 N–H and O–H groups in total. The first kappa shape index (κ1) is 110. The maximum absolute atomic E-state index is 12.4. The van der Waals surface area contributed by atoms with Crippen LogP contribution in [0.4, 0.5) is 0 Å². The summed E-state index contributed by atoms with van der Waals surface area (Å²) in [5.41, 5.74) is 21.9. The summed E-state index contributed by atoms with van der Waals surface area (Å²) in [6.07, 6.45) is 120. The number of aryl methyl sites for hydroxylation is 2. The molecule has 1 heterocycles. The average Bonchev–Trinajstić information content (AvgIpc) is 1.61. The minimum absolute atomic E-state index is 0. The predicted molar refractivity (Wildman–Crippen MR) is 506 cm³/mol. The van der Waals surface area contributed by atoms with E-state index in [2.05, 4.69) is 116 Å². The van der Waals surface area contributed by atoms with Gasteiger partial charge in [-0.2, -0.15) is 12.8 Å². The van der Waals surface area contributed by atoms with Crippen LogP contribution in [0.5, 0.6) is 0 Å². The molecule has 2 aromatic rings. The minimum atomic E-state index is 0. The zero-order chi connectivity index (χ0) is 80.0. The van der Waals surface area contributed by atoms with Crippen molar-refractivity contribution in [2.75, 3.05) is 0 Å². The molecule has 0 aliphatic carbocycles. The van der Waals surface area contributed by atoms with E-state index in [9.17, 15) is 5.53 Å². The third kappa shape index (κ3) is 69.8. The van der Waals surface area contributed by atoms with E-state index in [1.807, 2.05) is 0 Å². The van der Waals surface area contributed by atoms with Crippen molar-refractivity contribution >= 4 is 11.4 Å². The summed E-state index contributed by atoms with van der Waals surface area (Å²) in [6, 6.07) is 18.4. The second-order valence-corrected chi connectivity index (χ2v) is 35.5. The van der Waals surface area contributed by atoms with E-state index in [0.717, 1.165) is 67.5 Å². The summed E-state index contributed by atoms with van der Waals surface area (Å²) in [5.74, 6) is 0. The van der Waals surface area contributed by atoms with Crippen molar-refractivity contribution in [1.29, 1.82) is 0 Å². The molecule has 0 spiro atoms. The van der Waals surface area contributed by atoms with Crippen molar-refractivity contribution in [3.63, 3.8) is 0 Å². The Bertz CT molecular complexity index is 2220. The molecule has 0 unspecified atom stereocenters. The molecule has 0 aromatic heterocycles. The number of allylic oxidation sites excluding steroid dienone is 4. The van der Waals surface area contributed by atoms with Gasteiger partial charge in [0.05, 0.1) is 5.57 Å². The average molecular weight is 1640 g/mol. The van der Waals surface area contributed by atoms with E-state index in [1.165, 1.54) is 510 Å². The molecular formula is C109H198N2Pd. The number of nitrogens with zero attached hydrogens (tertiary/aromatic N) is 2. The summed E-state index contributed by atoms with van der Waals surface area (Å²) < 4.78 is 1.58. The number of rotatable bonds is 84. The molecule has 0 fully saturated rings. The molecule has 3 rings (SSSR count).